The fraction of sp³-hybridized carbons (Fsp3) is 0.227. The molecule has 13 heteroatoms. The van der Waals surface area contributed by atoms with Crippen molar-refractivity contribution in [2.45, 2.75) is 18.6 Å². The molecule has 3 heterocycles. The number of anilines is 1. The highest BCUT2D eigenvalue weighted by molar-refractivity contribution is 7.93. The summed E-state index contributed by atoms with van der Waals surface area (Å²) in [5, 5.41) is 7.32. The smallest absolute Gasteiger partial charge is 0.243 e. The monoisotopic (exact) mass is 499 g/mol. The molecule has 0 fully saturated rings. The quantitative estimate of drug-likeness (QED) is 0.369. The van der Waals surface area contributed by atoms with Crippen LogP contribution in [0.5, 0.6) is 11.5 Å². The van der Waals surface area contributed by atoms with Crippen molar-refractivity contribution < 1.29 is 22.3 Å². The van der Waals surface area contributed by atoms with Crippen LogP contribution in [-0.4, -0.2) is 57.6 Å². The summed E-state index contributed by atoms with van der Waals surface area (Å²) in [6, 6.07) is 10.4. The molecule has 0 bridgehead atoms. The number of hydrogen-bond acceptors (Lipinski definition) is 9. The number of methoxy groups -OCH3 is 2. The molecule has 0 saturated heterocycles. The van der Waals surface area contributed by atoms with Gasteiger partial charge >= 0.3 is 0 Å². The van der Waals surface area contributed by atoms with E-state index >= 15 is 0 Å². The van der Waals surface area contributed by atoms with Crippen molar-refractivity contribution in [2.75, 3.05) is 18.9 Å². The van der Waals surface area contributed by atoms with Crippen LogP contribution in [0.25, 0.3) is 17.2 Å². The molecule has 0 amide bonds. The highest BCUT2D eigenvalue weighted by atomic mass is 32.2. The van der Waals surface area contributed by atoms with Gasteiger partial charge in [-0.3, -0.25) is 14.3 Å². The van der Waals surface area contributed by atoms with Crippen molar-refractivity contribution in [2.24, 2.45) is 0 Å². The Morgan fingerprint density at radius 1 is 1.00 bits per heavy atom. The van der Waals surface area contributed by atoms with Gasteiger partial charge in [-0.05, 0) is 31.2 Å². The molecule has 3 aromatic heterocycles. The standard InChI is InChI=1S/C22H22FN7O4S/c1-14(11-19-25-12-15(23)13-26-19)35(31,32)29-22-28-27-21(16-7-4-5-10-24-16)30(22)20-17(33-2)8-6-9-18(20)34-3/h4-10,12-14H,11H2,1-3H3,(H,28,29). The maximum atomic E-state index is 13.2. The molecule has 1 N–H and O–H groups in total. The zero-order valence-corrected chi connectivity index (χ0v) is 19.9. The number of rotatable bonds is 9. The fourth-order valence-electron chi connectivity index (χ4n) is 3.31. The molecule has 4 rings (SSSR count). The van der Waals surface area contributed by atoms with Crippen molar-refractivity contribution in [1.82, 2.24) is 29.7 Å². The number of benzene rings is 1. The minimum absolute atomic E-state index is 0.0468. The van der Waals surface area contributed by atoms with Gasteiger partial charge in [0.25, 0.3) is 0 Å². The fourth-order valence-corrected chi connectivity index (χ4v) is 4.27. The molecule has 35 heavy (non-hydrogen) atoms. The average molecular weight is 500 g/mol. The second kappa shape index (κ2) is 10.0. The van der Waals surface area contributed by atoms with E-state index in [1.54, 1.807) is 42.6 Å². The van der Waals surface area contributed by atoms with Gasteiger partial charge in [0.1, 0.15) is 28.7 Å². The second-order valence-corrected chi connectivity index (χ2v) is 9.49. The molecule has 1 aromatic carbocycles. The molecule has 4 aromatic rings. The number of nitrogens with zero attached hydrogens (tertiary/aromatic N) is 6. The lowest BCUT2D eigenvalue weighted by molar-refractivity contribution is 0.391. The first-order chi connectivity index (χ1) is 16.8. The van der Waals surface area contributed by atoms with E-state index in [1.807, 2.05) is 0 Å². The summed E-state index contributed by atoms with van der Waals surface area (Å²) in [4.78, 5) is 12.0. The predicted molar refractivity (Wildman–Crippen MR) is 125 cm³/mol. The van der Waals surface area contributed by atoms with E-state index in [0.29, 0.717) is 22.9 Å². The number of sulfonamides is 1. The first kappa shape index (κ1) is 24.0. The van der Waals surface area contributed by atoms with Crippen LogP contribution in [0.15, 0.2) is 55.0 Å². The molecular formula is C22H22FN7O4S. The van der Waals surface area contributed by atoms with Gasteiger partial charge in [0.15, 0.2) is 11.6 Å². The summed E-state index contributed by atoms with van der Waals surface area (Å²) in [6.45, 7) is 1.49. The Hall–Kier alpha value is -4.13. The van der Waals surface area contributed by atoms with Gasteiger partial charge in [0.05, 0.1) is 31.9 Å². The van der Waals surface area contributed by atoms with E-state index < -0.39 is 21.1 Å². The molecule has 11 nitrogen and oxygen atoms in total. The lowest BCUT2D eigenvalue weighted by Crippen LogP contribution is -2.29. The Bertz CT molecular complexity index is 1390. The Morgan fingerprint density at radius 3 is 2.29 bits per heavy atom. The highest BCUT2D eigenvalue weighted by Gasteiger charge is 2.28. The number of halogens is 1. The number of nitrogens with one attached hydrogen (secondary N) is 1. The van der Waals surface area contributed by atoms with Gasteiger partial charge in [-0.25, -0.2) is 22.8 Å². The molecular weight excluding hydrogens is 477 g/mol. The first-order valence-electron chi connectivity index (χ1n) is 10.4. The first-order valence-corrected chi connectivity index (χ1v) is 11.9. The topological polar surface area (TPSA) is 134 Å². The Labute approximate surface area is 201 Å². The zero-order chi connectivity index (χ0) is 25.0. The minimum Gasteiger partial charge on any atom is -0.494 e. The van der Waals surface area contributed by atoms with Crippen LogP contribution in [-0.2, 0) is 16.4 Å². The zero-order valence-electron chi connectivity index (χ0n) is 19.1. The molecule has 182 valence electrons. The number of pyridine rings is 1. The second-order valence-electron chi connectivity index (χ2n) is 7.39. The van der Waals surface area contributed by atoms with Crippen LogP contribution in [0.2, 0.25) is 0 Å². The van der Waals surface area contributed by atoms with Gasteiger partial charge < -0.3 is 9.47 Å². The minimum atomic E-state index is -4.01. The van der Waals surface area contributed by atoms with Crippen molar-refractivity contribution in [3.63, 3.8) is 0 Å². The number of hydrogen-bond donors (Lipinski definition) is 1. The number of para-hydroxylation sites is 1. The van der Waals surface area contributed by atoms with Crippen molar-refractivity contribution in [1.29, 1.82) is 0 Å². The average Bonchev–Trinajstić information content (AvgIpc) is 3.27. The molecule has 1 atom stereocenters. The van der Waals surface area contributed by atoms with Gasteiger partial charge in [0, 0.05) is 12.6 Å². The highest BCUT2D eigenvalue weighted by Crippen LogP contribution is 2.37. The maximum absolute atomic E-state index is 13.2. The Balaban J connectivity index is 1.79. The third kappa shape index (κ3) is 5.04. The largest absolute Gasteiger partial charge is 0.494 e. The molecule has 1 unspecified atom stereocenters. The van der Waals surface area contributed by atoms with E-state index in [1.165, 1.54) is 25.7 Å². The normalized spacial score (nSPS) is 12.2. The molecule has 0 spiro atoms. The van der Waals surface area contributed by atoms with Gasteiger partial charge in [-0.1, -0.05) is 12.1 Å². The summed E-state index contributed by atoms with van der Waals surface area (Å²) in [6.07, 6.45) is 3.51. The molecule has 0 aliphatic heterocycles. The van der Waals surface area contributed by atoms with Crippen LogP contribution in [0.1, 0.15) is 12.7 Å². The Kier molecular flexibility index (Phi) is 6.87. The van der Waals surface area contributed by atoms with Crippen LogP contribution in [0.4, 0.5) is 10.3 Å². The van der Waals surface area contributed by atoms with Crippen molar-refractivity contribution >= 4 is 16.0 Å². The van der Waals surface area contributed by atoms with Gasteiger partial charge in [-0.15, -0.1) is 10.2 Å². The van der Waals surface area contributed by atoms with E-state index in [9.17, 15) is 12.8 Å². The van der Waals surface area contributed by atoms with E-state index in [4.69, 9.17) is 9.47 Å². The van der Waals surface area contributed by atoms with E-state index in [0.717, 1.165) is 12.4 Å². The van der Waals surface area contributed by atoms with Crippen LogP contribution < -0.4 is 14.2 Å². The Morgan fingerprint density at radius 2 is 1.69 bits per heavy atom. The lowest BCUT2D eigenvalue weighted by Gasteiger charge is -2.18. The third-order valence-corrected chi connectivity index (χ3v) is 6.78. The summed E-state index contributed by atoms with van der Waals surface area (Å²) in [5.41, 5.74) is 0.835. The lowest BCUT2D eigenvalue weighted by atomic mass is 10.2. The summed E-state index contributed by atoms with van der Waals surface area (Å²) in [5.74, 6) is 0.541. The van der Waals surface area contributed by atoms with Gasteiger partial charge in [0.2, 0.25) is 16.0 Å². The summed E-state index contributed by atoms with van der Waals surface area (Å²) in [7, 11) is -1.04. The molecule has 0 radical (unpaired) electrons. The van der Waals surface area contributed by atoms with E-state index in [-0.39, 0.29) is 24.0 Å². The maximum Gasteiger partial charge on any atom is 0.243 e. The molecule has 0 aliphatic rings. The van der Waals surface area contributed by atoms with E-state index in [2.05, 4.69) is 29.9 Å². The SMILES string of the molecule is COc1cccc(OC)c1-n1c(NS(=O)(=O)C(C)Cc2ncc(F)cn2)nnc1-c1ccccn1. The summed E-state index contributed by atoms with van der Waals surface area (Å²) < 4.78 is 54.6. The predicted octanol–water partition coefficient (Wildman–Crippen LogP) is 2.65. The number of aromatic nitrogens is 6. The van der Waals surface area contributed by atoms with Crippen LogP contribution in [0.3, 0.4) is 0 Å². The third-order valence-electron chi connectivity index (χ3n) is 5.09. The number of ether oxygens (including phenoxy) is 2. The van der Waals surface area contributed by atoms with Crippen LogP contribution >= 0.6 is 0 Å². The molecule has 0 saturated carbocycles. The van der Waals surface area contributed by atoms with Crippen LogP contribution in [0, 0.1) is 5.82 Å². The molecule has 0 aliphatic carbocycles. The van der Waals surface area contributed by atoms with Crippen molar-refractivity contribution in [3.05, 3.63) is 66.6 Å². The summed E-state index contributed by atoms with van der Waals surface area (Å²) >= 11 is 0. The van der Waals surface area contributed by atoms with Crippen molar-refractivity contribution in [3.8, 4) is 28.7 Å². The van der Waals surface area contributed by atoms with Gasteiger partial charge in [-0.2, -0.15) is 0 Å².